The van der Waals surface area contributed by atoms with Crippen molar-refractivity contribution in [2.75, 3.05) is 59.0 Å². The van der Waals surface area contributed by atoms with E-state index in [0.717, 1.165) is 22.5 Å². The minimum absolute atomic E-state index is 0. The maximum absolute atomic E-state index is 15.2. The highest BCUT2D eigenvalue weighted by Gasteiger charge is 2.33. The van der Waals surface area contributed by atoms with Crippen LogP contribution in [0.25, 0.3) is 43.8 Å². The topological polar surface area (TPSA) is 263 Å². The summed E-state index contributed by atoms with van der Waals surface area (Å²) in [6.45, 7) is 6.03. The lowest BCUT2D eigenvalue weighted by Gasteiger charge is -2.31. The monoisotopic (exact) mass is 950 g/mol. The van der Waals surface area contributed by atoms with E-state index in [1.54, 1.807) is 36.7 Å². The Hall–Kier alpha value is -6.74. The molecule has 2 fully saturated rings. The number of amides is 2. The summed E-state index contributed by atoms with van der Waals surface area (Å²) in [6, 6.07) is 6.48. The van der Waals surface area contributed by atoms with Gasteiger partial charge in [0.1, 0.15) is 48.4 Å². The first-order valence-corrected chi connectivity index (χ1v) is 20.6. The lowest BCUT2D eigenvalue weighted by molar-refractivity contribution is -0.0562. The first-order chi connectivity index (χ1) is 30.8. The van der Waals surface area contributed by atoms with Gasteiger partial charge in [0.15, 0.2) is 11.6 Å². The van der Waals surface area contributed by atoms with E-state index in [9.17, 15) is 19.8 Å². The molecule has 10 N–H and O–H groups in total. The van der Waals surface area contributed by atoms with Gasteiger partial charge in [0.2, 0.25) is 11.8 Å². The molecule has 4 atom stereocenters. The fourth-order valence-electron chi connectivity index (χ4n) is 7.83. The maximum Gasteiger partial charge on any atom is 0.413 e. The van der Waals surface area contributed by atoms with Crippen LogP contribution in [0.1, 0.15) is 36.8 Å². The third kappa shape index (κ3) is 9.08. The molecule has 348 valence electrons. The van der Waals surface area contributed by atoms with Crippen LogP contribution in [-0.4, -0.2) is 93.1 Å². The van der Waals surface area contributed by atoms with Crippen LogP contribution in [0.3, 0.4) is 0 Å². The Bertz CT molecular complexity index is 2670. The van der Waals surface area contributed by atoms with Gasteiger partial charge in [-0.2, -0.15) is 0 Å². The van der Waals surface area contributed by atoms with Crippen molar-refractivity contribution in [3.8, 4) is 34.0 Å². The zero-order valence-electron chi connectivity index (χ0n) is 35.4. The van der Waals surface area contributed by atoms with E-state index in [-0.39, 0.29) is 59.0 Å². The molecule has 22 heteroatoms. The van der Waals surface area contributed by atoms with Crippen molar-refractivity contribution in [3.63, 3.8) is 0 Å². The Balaban J connectivity index is 0.000000191. The molecule has 4 aromatic heterocycles. The number of carbonyl (C=O) groups is 2. The molecular weight excluding hydrogens is 905 g/mol. The number of nitrogens with one attached hydrogen (secondary N) is 4. The molecule has 18 nitrogen and oxygen atoms in total. The van der Waals surface area contributed by atoms with Crippen LogP contribution in [0.15, 0.2) is 49.1 Å². The lowest BCUT2D eigenvalue weighted by Crippen LogP contribution is -2.41. The van der Waals surface area contributed by atoms with Crippen LogP contribution in [0.5, 0.6) is 11.8 Å². The normalized spacial score (nSPS) is 18.8. The summed E-state index contributed by atoms with van der Waals surface area (Å²) < 4.78 is 51.9. The highest BCUT2D eigenvalue weighted by Crippen LogP contribution is 2.41. The molecule has 10 rings (SSSR count). The number of carbonyl (C=O) groups excluding carboxylic acids is 2. The third-order valence-corrected chi connectivity index (χ3v) is 11.8. The first kappa shape index (κ1) is 47.2. The van der Waals surface area contributed by atoms with E-state index in [2.05, 4.69) is 41.2 Å². The van der Waals surface area contributed by atoms with Crippen molar-refractivity contribution >= 4 is 92.9 Å². The summed E-state index contributed by atoms with van der Waals surface area (Å²) in [6.07, 6.45) is 4.67. The summed E-state index contributed by atoms with van der Waals surface area (Å²) in [5, 5.41) is 32.7. The van der Waals surface area contributed by atoms with Crippen LogP contribution >= 0.6 is 24.8 Å². The zero-order valence-corrected chi connectivity index (χ0v) is 37.1. The smallest absolute Gasteiger partial charge is 0.413 e. The van der Waals surface area contributed by atoms with Gasteiger partial charge in [-0.3, -0.25) is 10.6 Å². The van der Waals surface area contributed by atoms with Crippen molar-refractivity contribution < 1.29 is 47.5 Å². The second-order valence-corrected chi connectivity index (χ2v) is 15.8. The fourth-order valence-corrected chi connectivity index (χ4v) is 7.83. The lowest BCUT2D eigenvalue weighted by atomic mass is 9.92. The van der Waals surface area contributed by atoms with Crippen LogP contribution in [0.4, 0.5) is 52.8 Å². The second-order valence-electron chi connectivity index (χ2n) is 15.8. The van der Waals surface area contributed by atoms with Gasteiger partial charge in [0.05, 0.1) is 23.6 Å². The molecule has 0 bridgehead atoms. The Morgan fingerprint density at radius 3 is 1.42 bits per heavy atom. The van der Waals surface area contributed by atoms with Gasteiger partial charge in [-0.15, -0.1) is 24.8 Å². The van der Waals surface area contributed by atoms with Crippen molar-refractivity contribution in [1.29, 1.82) is 0 Å². The van der Waals surface area contributed by atoms with Gasteiger partial charge in [0, 0.05) is 70.9 Å². The number of anilines is 6. The van der Waals surface area contributed by atoms with Gasteiger partial charge in [0.25, 0.3) is 0 Å². The summed E-state index contributed by atoms with van der Waals surface area (Å²) in [5.41, 5.74) is 16.9. The highest BCUT2D eigenvalue weighted by molar-refractivity contribution is 6.01. The Morgan fingerprint density at radius 1 is 0.652 bits per heavy atom. The number of ether oxygens (including phenoxy) is 4. The number of aromatic nitrogens is 4. The van der Waals surface area contributed by atoms with E-state index in [1.165, 1.54) is 12.4 Å². The van der Waals surface area contributed by atoms with Gasteiger partial charge in [-0.05, 0) is 85.7 Å². The Labute approximate surface area is 388 Å². The van der Waals surface area contributed by atoms with E-state index in [4.69, 9.17) is 30.4 Å². The van der Waals surface area contributed by atoms with E-state index < -0.39 is 48.2 Å². The number of benzene rings is 2. The number of nitrogens with zero attached hydrogens (tertiary/aromatic N) is 4. The number of aliphatic hydroxyl groups is 2. The van der Waals surface area contributed by atoms with Crippen LogP contribution < -0.4 is 42.2 Å². The number of halogens is 4. The quantitative estimate of drug-likeness (QED) is 0.0765. The molecule has 0 unspecified atom stereocenters. The van der Waals surface area contributed by atoms with E-state index in [1.807, 2.05) is 13.8 Å². The van der Waals surface area contributed by atoms with Gasteiger partial charge < -0.3 is 51.3 Å². The van der Waals surface area contributed by atoms with Crippen molar-refractivity contribution in [3.05, 3.63) is 71.8 Å². The molecule has 0 spiro atoms. The predicted molar refractivity (Wildman–Crippen MR) is 249 cm³/mol. The third-order valence-electron chi connectivity index (χ3n) is 11.8. The molecule has 0 saturated heterocycles. The number of hydrogen-bond acceptors (Lipinski definition) is 16. The van der Waals surface area contributed by atoms with Crippen molar-refractivity contribution in [1.82, 2.24) is 19.9 Å². The fraction of sp³-hybridized carbons (Fsp3) is 0.318. The van der Waals surface area contributed by atoms with E-state index >= 15 is 8.78 Å². The number of rotatable bonds is 6. The van der Waals surface area contributed by atoms with Crippen LogP contribution in [-0.2, 0) is 9.47 Å². The molecule has 2 aliphatic carbocycles. The largest absolute Gasteiger partial charge is 0.474 e. The van der Waals surface area contributed by atoms with Crippen LogP contribution in [0, 0.1) is 25.5 Å². The number of fused-ring (bicyclic) bond motifs is 4. The minimum Gasteiger partial charge on any atom is -0.474 e. The maximum atomic E-state index is 15.2. The molecule has 2 saturated carbocycles. The zero-order chi connectivity index (χ0) is 44.8. The van der Waals surface area contributed by atoms with Gasteiger partial charge >= 0.3 is 12.2 Å². The molecule has 0 radical (unpaired) electrons. The summed E-state index contributed by atoms with van der Waals surface area (Å²) in [4.78, 5) is 41.1. The standard InChI is InChI=1S/2C22H22FN5O4.2ClH/c2*1-10-13(8-27-21-20(10)25-4-5-31-21)12-6-11-7-17(26-9-14(11)19(24)18(12)23)28-22(30)32-16-3-2-15(16)29;;/h2*6-9,15-16,25,29H,2-5,24H2,1H3,(H,26,28,30);2*1H/t2*15-,16-;;/m10../s1. The minimum atomic E-state index is -0.711. The number of nitrogens with two attached hydrogens (primary N) is 2. The second kappa shape index (κ2) is 19.4. The SMILES string of the molecule is Cc1c(-c2cc3cc(NC(=O)O[C@@H]4CC[C@H]4O)ncc3c(N)c2F)cnc2c1NCCO2.Cc1c(-c2cc3cc(NC(=O)O[C@H]4CC[C@@H]4O)ncc3c(N)c2F)cnc2c1NCCO2.Cl.Cl. The molecule has 2 amide bonds. The average Bonchev–Trinajstić information content (AvgIpc) is 3.29. The summed E-state index contributed by atoms with van der Waals surface area (Å²) in [5.74, 6) is 0.280. The average molecular weight is 952 g/mol. The summed E-state index contributed by atoms with van der Waals surface area (Å²) >= 11 is 0. The number of nitrogen functional groups attached to an aromatic ring is 2. The highest BCUT2D eigenvalue weighted by atomic mass is 35.5. The number of pyridine rings is 4. The van der Waals surface area contributed by atoms with Crippen LogP contribution in [0.2, 0.25) is 0 Å². The molecule has 2 aliphatic heterocycles. The Morgan fingerprint density at radius 2 is 1.06 bits per heavy atom. The van der Waals surface area contributed by atoms with Crippen molar-refractivity contribution in [2.45, 2.75) is 63.9 Å². The number of aliphatic hydroxyl groups excluding tert-OH is 2. The molecular formula is C44H46Cl2F2N10O8. The van der Waals surface area contributed by atoms with Gasteiger partial charge in [-0.1, -0.05) is 0 Å². The molecule has 2 aromatic carbocycles. The predicted octanol–water partition coefficient (Wildman–Crippen LogP) is 7.25. The first-order valence-electron chi connectivity index (χ1n) is 20.6. The summed E-state index contributed by atoms with van der Waals surface area (Å²) in [7, 11) is 0. The molecule has 66 heavy (non-hydrogen) atoms. The molecule has 4 aliphatic rings. The molecule has 6 aromatic rings. The molecule has 6 heterocycles. The van der Waals surface area contributed by atoms with E-state index in [0.29, 0.717) is 96.4 Å². The number of hydrogen-bond donors (Lipinski definition) is 8. The Kier molecular flexibility index (Phi) is 13.9. The van der Waals surface area contributed by atoms with Crippen molar-refractivity contribution in [2.24, 2.45) is 0 Å². The van der Waals surface area contributed by atoms with Gasteiger partial charge in [-0.25, -0.2) is 38.3 Å².